The van der Waals surface area contributed by atoms with Crippen molar-refractivity contribution in [2.24, 2.45) is 5.41 Å². The van der Waals surface area contributed by atoms with Gasteiger partial charge in [-0.15, -0.1) is 13.2 Å². The molecule has 0 aromatic heterocycles. The Hall–Kier alpha value is -2.56. The second kappa shape index (κ2) is 7.36. The standard InChI is InChI=1S/C15H10F8N2O/c16-13(17,14(18,19)20)6-5-12(8-24,9-25)7-10-1-3-11(4-2-10)26-15(21,22)23/h1-4H,5-7H2. The lowest BCUT2D eigenvalue weighted by atomic mass is 9.79. The van der Waals surface area contributed by atoms with Crippen molar-refractivity contribution in [1.29, 1.82) is 10.5 Å². The Balaban J connectivity index is 2.91. The topological polar surface area (TPSA) is 56.8 Å². The minimum atomic E-state index is -5.82. The van der Waals surface area contributed by atoms with E-state index < -0.39 is 48.9 Å². The lowest BCUT2D eigenvalue weighted by molar-refractivity contribution is -0.285. The van der Waals surface area contributed by atoms with Gasteiger partial charge >= 0.3 is 18.5 Å². The molecular weight excluding hydrogens is 376 g/mol. The van der Waals surface area contributed by atoms with Gasteiger partial charge in [-0.1, -0.05) is 12.1 Å². The van der Waals surface area contributed by atoms with Crippen molar-refractivity contribution in [3.63, 3.8) is 0 Å². The minimum absolute atomic E-state index is 0.0953. The second-order valence-electron chi connectivity index (χ2n) is 5.38. The van der Waals surface area contributed by atoms with E-state index in [4.69, 9.17) is 10.5 Å². The van der Waals surface area contributed by atoms with Crippen LogP contribution in [0.15, 0.2) is 24.3 Å². The van der Waals surface area contributed by atoms with Gasteiger partial charge in [0.2, 0.25) is 0 Å². The molecule has 0 aliphatic carbocycles. The molecule has 11 heteroatoms. The van der Waals surface area contributed by atoms with Crippen LogP contribution in [0.3, 0.4) is 0 Å². The number of nitriles is 2. The van der Waals surface area contributed by atoms with Crippen molar-refractivity contribution in [1.82, 2.24) is 0 Å². The summed E-state index contributed by atoms with van der Waals surface area (Å²) in [7, 11) is 0. The van der Waals surface area contributed by atoms with Gasteiger partial charge in [0.05, 0.1) is 12.1 Å². The number of benzene rings is 1. The molecule has 0 atom stereocenters. The van der Waals surface area contributed by atoms with Gasteiger partial charge in [0.25, 0.3) is 0 Å². The number of ether oxygens (including phenoxy) is 1. The number of nitrogens with zero attached hydrogens (tertiary/aromatic N) is 2. The van der Waals surface area contributed by atoms with Crippen LogP contribution in [-0.2, 0) is 6.42 Å². The smallest absolute Gasteiger partial charge is 0.406 e. The fourth-order valence-electron chi connectivity index (χ4n) is 1.97. The minimum Gasteiger partial charge on any atom is -0.406 e. The summed E-state index contributed by atoms with van der Waals surface area (Å²) in [6.45, 7) is 0. The van der Waals surface area contributed by atoms with Crippen molar-refractivity contribution in [3.05, 3.63) is 29.8 Å². The van der Waals surface area contributed by atoms with E-state index in [0.29, 0.717) is 0 Å². The van der Waals surface area contributed by atoms with Crippen LogP contribution in [-0.4, -0.2) is 18.5 Å². The Morgan fingerprint density at radius 2 is 1.31 bits per heavy atom. The molecule has 142 valence electrons. The molecule has 1 rings (SSSR count). The number of hydrogen-bond donors (Lipinski definition) is 0. The molecule has 0 saturated heterocycles. The van der Waals surface area contributed by atoms with Crippen LogP contribution in [0.5, 0.6) is 5.75 Å². The number of halogens is 8. The van der Waals surface area contributed by atoms with Crippen LogP contribution in [0.1, 0.15) is 18.4 Å². The van der Waals surface area contributed by atoms with E-state index in [1.54, 1.807) is 0 Å². The van der Waals surface area contributed by atoms with E-state index in [2.05, 4.69) is 4.74 Å². The fraction of sp³-hybridized carbons (Fsp3) is 0.467. The summed E-state index contributed by atoms with van der Waals surface area (Å²) in [5.41, 5.74) is -2.10. The van der Waals surface area contributed by atoms with Gasteiger partial charge < -0.3 is 4.74 Å². The molecule has 0 N–H and O–H groups in total. The van der Waals surface area contributed by atoms with Crippen LogP contribution in [0.2, 0.25) is 0 Å². The van der Waals surface area contributed by atoms with Gasteiger partial charge in [0.15, 0.2) is 0 Å². The summed E-state index contributed by atoms with van der Waals surface area (Å²) in [5, 5.41) is 18.1. The van der Waals surface area contributed by atoms with Crippen molar-refractivity contribution in [2.45, 2.75) is 37.7 Å². The summed E-state index contributed by atoms with van der Waals surface area (Å²) in [5.74, 6) is -5.67. The largest absolute Gasteiger partial charge is 0.573 e. The predicted octanol–water partition coefficient (Wildman–Crippen LogP) is 5.14. The van der Waals surface area contributed by atoms with Crippen LogP contribution in [0, 0.1) is 28.1 Å². The van der Waals surface area contributed by atoms with Crippen molar-refractivity contribution < 1.29 is 39.9 Å². The molecule has 0 fully saturated rings. The van der Waals surface area contributed by atoms with E-state index >= 15 is 0 Å². The van der Waals surface area contributed by atoms with Crippen LogP contribution in [0.25, 0.3) is 0 Å². The third kappa shape index (κ3) is 5.76. The highest BCUT2D eigenvalue weighted by molar-refractivity contribution is 5.30. The first-order valence-electron chi connectivity index (χ1n) is 6.85. The van der Waals surface area contributed by atoms with Crippen molar-refractivity contribution >= 4 is 0 Å². The number of alkyl halides is 8. The van der Waals surface area contributed by atoms with E-state index in [1.807, 2.05) is 0 Å². The van der Waals surface area contributed by atoms with Crippen molar-refractivity contribution in [2.75, 3.05) is 0 Å². The third-order valence-electron chi connectivity index (χ3n) is 3.37. The van der Waals surface area contributed by atoms with Crippen LogP contribution in [0.4, 0.5) is 35.1 Å². The maximum atomic E-state index is 13.0. The first-order chi connectivity index (χ1) is 11.7. The zero-order valence-electron chi connectivity index (χ0n) is 12.8. The van der Waals surface area contributed by atoms with Gasteiger partial charge in [-0.25, -0.2) is 0 Å². The summed E-state index contributed by atoms with van der Waals surface area (Å²) in [6.07, 6.45) is -14.1. The summed E-state index contributed by atoms with van der Waals surface area (Å²) >= 11 is 0. The number of hydrogen-bond acceptors (Lipinski definition) is 3. The average molecular weight is 386 g/mol. The SMILES string of the molecule is N#CC(C#N)(CCC(F)(F)C(F)(F)F)Cc1ccc(OC(F)(F)F)cc1. The Morgan fingerprint density at radius 3 is 1.69 bits per heavy atom. The third-order valence-corrected chi connectivity index (χ3v) is 3.37. The van der Waals surface area contributed by atoms with Gasteiger partial charge in [-0.05, 0) is 24.1 Å². The van der Waals surface area contributed by atoms with Crippen molar-refractivity contribution in [3.8, 4) is 17.9 Å². The molecule has 0 bridgehead atoms. The van der Waals surface area contributed by atoms with Crippen LogP contribution < -0.4 is 4.74 Å². The van der Waals surface area contributed by atoms with E-state index in [-0.39, 0.29) is 5.56 Å². The highest BCUT2D eigenvalue weighted by Crippen LogP contribution is 2.42. The molecule has 3 nitrogen and oxygen atoms in total. The summed E-state index contributed by atoms with van der Waals surface area (Å²) in [6, 6.07) is 6.67. The number of rotatable bonds is 6. The summed E-state index contributed by atoms with van der Waals surface area (Å²) in [4.78, 5) is 0. The maximum absolute atomic E-state index is 13.0. The summed E-state index contributed by atoms with van der Waals surface area (Å²) < 4.78 is 102. The molecule has 1 aromatic rings. The normalized spacial score (nSPS) is 13.0. The van der Waals surface area contributed by atoms with Gasteiger partial charge in [0.1, 0.15) is 11.2 Å². The van der Waals surface area contributed by atoms with E-state index in [0.717, 1.165) is 24.3 Å². The Labute approximate surface area is 142 Å². The molecule has 0 spiro atoms. The molecule has 0 radical (unpaired) electrons. The zero-order valence-corrected chi connectivity index (χ0v) is 12.8. The molecular formula is C15H10F8N2O. The highest BCUT2D eigenvalue weighted by atomic mass is 19.4. The molecule has 1 aromatic carbocycles. The lowest BCUT2D eigenvalue weighted by Gasteiger charge is -2.24. The van der Waals surface area contributed by atoms with E-state index in [1.165, 1.54) is 12.1 Å². The average Bonchev–Trinajstić information content (AvgIpc) is 2.51. The molecule has 0 unspecified atom stereocenters. The quantitative estimate of drug-likeness (QED) is 0.637. The molecule has 0 heterocycles. The molecule has 0 saturated carbocycles. The Morgan fingerprint density at radius 1 is 0.808 bits per heavy atom. The zero-order chi connectivity index (χ0) is 20.2. The fourth-order valence-corrected chi connectivity index (χ4v) is 1.97. The molecule has 26 heavy (non-hydrogen) atoms. The molecule has 0 aliphatic heterocycles. The van der Waals surface area contributed by atoms with Gasteiger partial charge in [-0.3, -0.25) is 0 Å². The molecule has 0 amide bonds. The first-order valence-corrected chi connectivity index (χ1v) is 6.85. The van der Waals surface area contributed by atoms with Gasteiger partial charge in [0, 0.05) is 12.8 Å². The second-order valence-corrected chi connectivity index (χ2v) is 5.38. The van der Waals surface area contributed by atoms with Gasteiger partial charge in [-0.2, -0.15) is 32.5 Å². The Kier molecular flexibility index (Phi) is 6.08. The highest BCUT2D eigenvalue weighted by Gasteiger charge is 2.57. The maximum Gasteiger partial charge on any atom is 0.573 e. The monoisotopic (exact) mass is 386 g/mol. The van der Waals surface area contributed by atoms with Crippen LogP contribution >= 0.6 is 0 Å². The predicted molar refractivity (Wildman–Crippen MR) is 70.7 cm³/mol. The Bertz CT molecular complexity index is 681. The first kappa shape index (κ1) is 21.5. The van der Waals surface area contributed by atoms with E-state index in [9.17, 15) is 35.1 Å². The lowest BCUT2D eigenvalue weighted by Crippen LogP contribution is -2.38. The molecule has 0 aliphatic rings.